The molecule has 3 rings (SSSR count). The Balaban J connectivity index is 1.54. The quantitative estimate of drug-likeness (QED) is 0.727. The lowest BCUT2D eigenvalue weighted by Crippen LogP contribution is -2.30. The zero-order valence-corrected chi connectivity index (χ0v) is 15.4. The molecule has 0 aliphatic heterocycles. The fourth-order valence-electron chi connectivity index (χ4n) is 2.97. The van der Waals surface area contributed by atoms with E-state index in [1.807, 2.05) is 18.2 Å². The van der Waals surface area contributed by atoms with Gasteiger partial charge in [0.2, 0.25) is 5.91 Å². The van der Waals surface area contributed by atoms with Gasteiger partial charge in [0.1, 0.15) is 12.2 Å². The smallest absolute Gasteiger partial charge is 0.282 e. The molecule has 1 amide bonds. The predicted molar refractivity (Wildman–Crippen MR) is 95.4 cm³/mol. The van der Waals surface area contributed by atoms with Crippen molar-refractivity contribution in [2.45, 2.75) is 38.2 Å². The summed E-state index contributed by atoms with van der Waals surface area (Å²) in [4.78, 5) is 12.2. The van der Waals surface area contributed by atoms with Gasteiger partial charge in [-0.25, -0.2) is 8.78 Å². The van der Waals surface area contributed by atoms with E-state index in [9.17, 15) is 13.6 Å². The highest BCUT2D eigenvalue weighted by atomic mass is 19.3. The fraction of sp³-hybridized carbons (Fsp3) is 0.474. The van der Waals surface area contributed by atoms with Gasteiger partial charge in [0, 0.05) is 18.2 Å². The normalized spacial score (nSPS) is 13.7. The lowest BCUT2D eigenvalue weighted by Gasteiger charge is -2.11. The summed E-state index contributed by atoms with van der Waals surface area (Å²) >= 11 is 0. The van der Waals surface area contributed by atoms with Crippen LogP contribution in [0.15, 0.2) is 24.3 Å². The molecule has 1 heterocycles. The maximum Gasteiger partial charge on any atom is 0.282 e. The van der Waals surface area contributed by atoms with Gasteiger partial charge in [-0.1, -0.05) is 6.07 Å². The number of alkyl halides is 2. The first kappa shape index (κ1) is 19.1. The Hall–Kier alpha value is -2.64. The van der Waals surface area contributed by atoms with Crippen LogP contribution in [0.2, 0.25) is 0 Å². The number of amides is 1. The van der Waals surface area contributed by atoms with Crippen LogP contribution in [0.4, 0.5) is 8.78 Å². The average molecular weight is 379 g/mol. The van der Waals surface area contributed by atoms with E-state index >= 15 is 0 Å². The summed E-state index contributed by atoms with van der Waals surface area (Å²) in [6, 6.07) is 6.99. The van der Waals surface area contributed by atoms with Crippen LogP contribution in [0.25, 0.3) is 0 Å². The zero-order valence-electron chi connectivity index (χ0n) is 15.4. The highest BCUT2D eigenvalue weighted by Gasteiger charge is 2.30. The minimum absolute atomic E-state index is 0.0511. The Morgan fingerprint density at radius 3 is 2.63 bits per heavy atom. The molecule has 1 saturated carbocycles. The topological polar surface area (TPSA) is 65.4 Å². The molecule has 6 nitrogen and oxygen atoms in total. The number of nitrogens with zero attached hydrogens (tertiary/aromatic N) is 2. The SMILES string of the molecule is COc1ccc(CCNC(=O)Cn2nc(C(F)F)cc2C2CC2)cc1OC. The first-order valence-electron chi connectivity index (χ1n) is 8.85. The highest BCUT2D eigenvalue weighted by Crippen LogP contribution is 2.41. The van der Waals surface area contributed by atoms with E-state index in [0.29, 0.717) is 24.5 Å². The van der Waals surface area contributed by atoms with Crippen molar-refractivity contribution < 1.29 is 23.0 Å². The fourth-order valence-corrected chi connectivity index (χ4v) is 2.97. The lowest BCUT2D eigenvalue weighted by atomic mass is 10.1. The van der Waals surface area contributed by atoms with Gasteiger partial charge in [-0.15, -0.1) is 0 Å². The van der Waals surface area contributed by atoms with Crippen LogP contribution >= 0.6 is 0 Å². The standard InChI is InChI=1S/C19H23F2N3O3/c1-26-16-6-3-12(9-17(16)27-2)7-8-22-18(25)11-24-15(13-4-5-13)10-14(23-24)19(20)21/h3,6,9-10,13,19H,4-5,7-8,11H2,1-2H3,(H,22,25). The molecule has 1 aromatic heterocycles. The molecule has 0 spiro atoms. The molecule has 0 atom stereocenters. The van der Waals surface area contributed by atoms with E-state index in [1.54, 1.807) is 14.2 Å². The molecule has 27 heavy (non-hydrogen) atoms. The van der Waals surface area contributed by atoms with E-state index in [-0.39, 0.29) is 24.1 Å². The molecular weight excluding hydrogens is 356 g/mol. The number of rotatable bonds is 9. The third-order valence-electron chi connectivity index (χ3n) is 4.53. The number of hydrogen-bond acceptors (Lipinski definition) is 4. The number of ether oxygens (including phenoxy) is 2. The summed E-state index contributed by atoms with van der Waals surface area (Å²) in [5.74, 6) is 1.27. The Labute approximate surface area is 156 Å². The van der Waals surface area contributed by atoms with Gasteiger partial charge in [0.05, 0.1) is 14.2 Å². The van der Waals surface area contributed by atoms with E-state index in [2.05, 4.69) is 10.4 Å². The molecule has 0 unspecified atom stereocenters. The lowest BCUT2D eigenvalue weighted by molar-refractivity contribution is -0.121. The molecule has 0 saturated heterocycles. The molecule has 0 radical (unpaired) electrons. The second-order valence-electron chi connectivity index (χ2n) is 6.52. The van der Waals surface area contributed by atoms with Gasteiger partial charge < -0.3 is 14.8 Å². The van der Waals surface area contributed by atoms with Crippen LogP contribution < -0.4 is 14.8 Å². The summed E-state index contributed by atoms with van der Waals surface area (Å²) in [5, 5.41) is 6.71. The van der Waals surface area contributed by atoms with Crippen molar-refractivity contribution >= 4 is 5.91 Å². The van der Waals surface area contributed by atoms with Crippen molar-refractivity contribution in [3.05, 3.63) is 41.2 Å². The first-order chi connectivity index (χ1) is 13.0. The Kier molecular flexibility index (Phi) is 5.93. The zero-order chi connectivity index (χ0) is 19.4. The van der Waals surface area contributed by atoms with Gasteiger partial charge in [0.15, 0.2) is 11.5 Å². The molecule has 1 aliphatic rings. The molecule has 2 aromatic rings. The molecule has 8 heteroatoms. The van der Waals surface area contributed by atoms with E-state index in [1.165, 1.54) is 10.7 Å². The largest absolute Gasteiger partial charge is 0.493 e. The molecule has 146 valence electrons. The van der Waals surface area contributed by atoms with Crippen molar-refractivity contribution in [2.75, 3.05) is 20.8 Å². The third kappa shape index (κ3) is 4.75. The first-order valence-corrected chi connectivity index (χ1v) is 8.85. The van der Waals surface area contributed by atoms with Crippen molar-refractivity contribution in [3.8, 4) is 11.5 Å². The number of halogens is 2. The molecule has 0 bridgehead atoms. The van der Waals surface area contributed by atoms with Gasteiger partial charge in [-0.2, -0.15) is 5.10 Å². The van der Waals surface area contributed by atoms with E-state index < -0.39 is 6.43 Å². The van der Waals surface area contributed by atoms with Crippen molar-refractivity contribution in [1.29, 1.82) is 0 Å². The maximum atomic E-state index is 12.9. The van der Waals surface area contributed by atoms with Crippen molar-refractivity contribution in [3.63, 3.8) is 0 Å². The third-order valence-corrected chi connectivity index (χ3v) is 4.53. The number of carbonyl (C=O) groups is 1. The van der Waals surface area contributed by atoms with Crippen LogP contribution in [0.5, 0.6) is 11.5 Å². The number of aromatic nitrogens is 2. The monoisotopic (exact) mass is 379 g/mol. The van der Waals surface area contributed by atoms with Crippen LogP contribution in [-0.2, 0) is 17.8 Å². The summed E-state index contributed by atoms with van der Waals surface area (Å²) in [5.41, 5.74) is 1.45. The molecule has 1 fully saturated rings. The maximum absolute atomic E-state index is 12.9. The Morgan fingerprint density at radius 1 is 1.26 bits per heavy atom. The summed E-state index contributed by atoms with van der Waals surface area (Å²) < 4.78 is 37.7. The van der Waals surface area contributed by atoms with Crippen molar-refractivity contribution in [2.24, 2.45) is 0 Å². The van der Waals surface area contributed by atoms with Crippen LogP contribution in [0.3, 0.4) is 0 Å². The molecule has 1 aliphatic carbocycles. The minimum atomic E-state index is -2.63. The predicted octanol–water partition coefficient (Wildman–Crippen LogP) is 3.07. The van der Waals surface area contributed by atoms with Crippen LogP contribution in [-0.4, -0.2) is 36.5 Å². The van der Waals surface area contributed by atoms with Gasteiger partial charge in [0.25, 0.3) is 6.43 Å². The molecule has 1 N–H and O–H groups in total. The van der Waals surface area contributed by atoms with Crippen molar-refractivity contribution in [1.82, 2.24) is 15.1 Å². The second kappa shape index (κ2) is 8.37. The second-order valence-corrected chi connectivity index (χ2v) is 6.52. The Morgan fingerprint density at radius 2 is 2.00 bits per heavy atom. The van der Waals surface area contributed by atoms with Gasteiger partial charge >= 0.3 is 0 Å². The summed E-state index contributed by atoms with van der Waals surface area (Å²) in [6.07, 6.45) is -0.107. The summed E-state index contributed by atoms with van der Waals surface area (Å²) in [6.45, 7) is 0.376. The number of nitrogens with one attached hydrogen (secondary N) is 1. The molecular formula is C19H23F2N3O3. The average Bonchev–Trinajstić information content (AvgIpc) is 3.41. The number of hydrogen-bond donors (Lipinski definition) is 1. The van der Waals surface area contributed by atoms with Crippen LogP contribution in [0, 0.1) is 0 Å². The van der Waals surface area contributed by atoms with E-state index in [0.717, 1.165) is 24.1 Å². The highest BCUT2D eigenvalue weighted by molar-refractivity contribution is 5.75. The summed E-state index contributed by atoms with van der Waals surface area (Å²) in [7, 11) is 3.14. The van der Waals surface area contributed by atoms with E-state index in [4.69, 9.17) is 9.47 Å². The van der Waals surface area contributed by atoms with Gasteiger partial charge in [-0.3, -0.25) is 9.48 Å². The number of methoxy groups -OCH3 is 2. The minimum Gasteiger partial charge on any atom is -0.493 e. The molecule has 1 aromatic carbocycles. The van der Waals surface area contributed by atoms with Crippen LogP contribution in [0.1, 0.15) is 42.1 Å². The number of benzene rings is 1. The Bertz CT molecular complexity index is 803. The number of carbonyl (C=O) groups excluding carboxylic acids is 1. The van der Waals surface area contributed by atoms with Gasteiger partial charge in [-0.05, 0) is 43.0 Å².